The van der Waals surface area contributed by atoms with Crippen LogP contribution >= 0.6 is 0 Å². The molecule has 10 aromatic rings. The average molecular weight is 627 g/mol. The maximum atomic E-state index is 6.90. The summed E-state index contributed by atoms with van der Waals surface area (Å²) in [6, 6.07) is 55.3. The number of nitrogens with zero attached hydrogens (tertiary/aromatic N) is 2. The van der Waals surface area contributed by atoms with Gasteiger partial charge >= 0.3 is 0 Å². The predicted molar refractivity (Wildman–Crippen MR) is 200 cm³/mol. The molecule has 0 saturated carbocycles. The number of hydrogen-bond acceptors (Lipinski definition) is 3. The molecule has 228 valence electrons. The number of imidazole rings is 1. The summed E-state index contributed by atoms with van der Waals surface area (Å²) >= 11 is 0. The zero-order chi connectivity index (χ0) is 32.1. The summed E-state index contributed by atoms with van der Waals surface area (Å²) in [6.45, 7) is 0. The number of para-hydroxylation sites is 3. The van der Waals surface area contributed by atoms with Crippen molar-refractivity contribution in [2.75, 3.05) is 0 Å². The Hall–Kier alpha value is -6.65. The molecule has 0 radical (unpaired) electrons. The summed E-state index contributed by atoms with van der Waals surface area (Å²) in [5, 5.41) is 6.94. The van der Waals surface area contributed by atoms with Crippen LogP contribution in [-0.2, 0) is 0 Å². The first-order valence-electron chi connectivity index (χ1n) is 16.6. The Balaban J connectivity index is 1.20. The van der Waals surface area contributed by atoms with Crippen molar-refractivity contribution >= 4 is 54.5 Å². The fourth-order valence-corrected chi connectivity index (χ4v) is 7.92. The van der Waals surface area contributed by atoms with Crippen LogP contribution in [0, 0.1) is 0 Å². The van der Waals surface area contributed by atoms with Gasteiger partial charge in [0.1, 0.15) is 22.5 Å². The Bertz CT molecular complexity index is 2910. The lowest BCUT2D eigenvalue weighted by Gasteiger charge is -2.25. The molecule has 4 nitrogen and oxygen atoms in total. The molecule has 0 fully saturated rings. The highest BCUT2D eigenvalue weighted by molar-refractivity contribution is 6.22. The molecule has 2 aromatic heterocycles. The summed E-state index contributed by atoms with van der Waals surface area (Å²) in [4.78, 5) is 5.11. The van der Waals surface area contributed by atoms with Crippen molar-refractivity contribution < 1.29 is 9.15 Å². The number of rotatable bonds is 3. The fraction of sp³-hybridized carbons (Fsp3) is 0. The third-order valence-corrected chi connectivity index (χ3v) is 9.99. The van der Waals surface area contributed by atoms with E-state index in [4.69, 9.17) is 14.1 Å². The van der Waals surface area contributed by atoms with E-state index in [1.54, 1.807) is 0 Å². The monoisotopic (exact) mass is 626 g/mol. The van der Waals surface area contributed by atoms with Gasteiger partial charge in [-0.3, -0.25) is 4.57 Å². The zero-order valence-electron chi connectivity index (χ0n) is 26.2. The first-order valence-corrected chi connectivity index (χ1v) is 16.6. The molecule has 4 heteroatoms. The molecule has 49 heavy (non-hydrogen) atoms. The Morgan fingerprint density at radius 1 is 0.469 bits per heavy atom. The van der Waals surface area contributed by atoms with Gasteiger partial charge in [0, 0.05) is 27.5 Å². The zero-order valence-corrected chi connectivity index (χ0v) is 26.2. The highest BCUT2D eigenvalue weighted by atomic mass is 16.5. The first-order chi connectivity index (χ1) is 24.3. The van der Waals surface area contributed by atoms with Crippen molar-refractivity contribution in [1.82, 2.24) is 9.55 Å². The van der Waals surface area contributed by atoms with Crippen LogP contribution in [0.1, 0.15) is 0 Å². The Morgan fingerprint density at radius 2 is 1.12 bits per heavy atom. The Kier molecular flexibility index (Phi) is 5.35. The van der Waals surface area contributed by atoms with E-state index in [0.717, 1.165) is 89.0 Å². The highest BCUT2D eigenvalue weighted by Crippen LogP contribution is 2.51. The normalized spacial score (nSPS) is 12.2. The molecule has 0 spiro atoms. The van der Waals surface area contributed by atoms with E-state index in [-0.39, 0.29) is 0 Å². The second-order valence-corrected chi connectivity index (χ2v) is 12.7. The second kappa shape index (κ2) is 9.93. The van der Waals surface area contributed by atoms with Crippen molar-refractivity contribution in [1.29, 1.82) is 0 Å². The summed E-state index contributed by atoms with van der Waals surface area (Å²) in [6.07, 6.45) is 0. The number of ether oxygens (including phenoxy) is 1. The fourth-order valence-electron chi connectivity index (χ4n) is 7.92. The second-order valence-electron chi connectivity index (χ2n) is 12.7. The van der Waals surface area contributed by atoms with E-state index in [2.05, 4.69) is 132 Å². The number of fused-ring (bicyclic) bond motifs is 7. The number of furan rings is 1. The van der Waals surface area contributed by atoms with E-state index >= 15 is 0 Å². The van der Waals surface area contributed by atoms with E-state index in [1.165, 1.54) is 16.3 Å². The molecule has 1 aliphatic rings. The minimum atomic E-state index is 0.802. The molecule has 11 rings (SSSR count). The Morgan fingerprint density at radius 3 is 1.90 bits per heavy atom. The maximum Gasteiger partial charge on any atom is 0.159 e. The molecule has 0 bridgehead atoms. The number of hydrogen-bond donors (Lipinski definition) is 0. The van der Waals surface area contributed by atoms with Crippen molar-refractivity contribution in [2.45, 2.75) is 0 Å². The molecule has 0 aliphatic carbocycles. The minimum Gasteiger partial charge on any atom is -0.456 e. The number of benzene rings is 8. The predicted octanol–water partition coefficient (Wildman–Crippen LogP) is 12.3. The van der Waals surface area contributed by atoms with Gasteiger partial charge in [0.2, 0.25) is 0 Å². The molecule has 1 aliphatic heterocycles. The van der Waals surface area contributed by atoms with Crippen LogP contribution in [0.5, 0.6) is 11.5 Å². The van der Waals surface area contributed by atoms with E-state index in [0.29, 0.717) is 0 Å². The highest BCUT2D eigenvalue weighted by Gasteiger charge is 2.28. The molecule has 0 atom stereocenters. The third kappa shape index (κ3) is 3.71. The molecule has 3 heterocycles. The van der Waals surface area contributed by atoms with Gasteiger partial charge < -0.3 is 9.15 Å². The van der Waals surface area contributed by atoms with Gasteiger partial charge in [-0.05, 0) is 69.1 Å². The molecule has 0 amide bonds. The topological polar surface area (TPSA) is 40.2 Å². The van der Waals surface area contributed by atoms with Crippen LogP contribution in [0.4, 0.5) is 0 Å². The van der Waals surface area contributed by atoms with Crippen LogP contribution in [0.3, 0.4) is 0 Å². The van der Waals surface area contributed by atoms with Crippen molar-refractivity contribution in [3.8, 4) is 50.8 Å². The van der Waals surface area contributed by atoms with Crippen LogP contribution in [0.15, 0.2) is 162 Å². The van der Waals surface area contributed by atoms with Gasteiger partial charge in [0.05, 0.1) is 11.2 Å². The summed E-state index contributed by atoms with van der Waals surface area (Å²) in [5.41, 5.74) is 10.2. The molecule has 8 aromatic carbocycles. The summed E-state index contributed by atoms with van der Waals surface area (Å²) in [7, 11) is 0. The largest absolute Gasteiger partial charge is 0.456 e. The van der Waals surface area contributed by atoms with Gasteiger partial charge in [0.15, 0.2) is 11.5 Å². The van der Waals surface area contributed by atoms with Crippen molar-refractivity contribution in [2.24, 2.45) is 0 Å². The standard InChI is InChI=1S/C45H26N2O2/c1-2-12-27(13-3-1)45-46-36-20-11-23-39-43(36)47(45)37-21-10-19-35(44(37)49-39)42-33-17-6-4-15-31(33)41(32-16-5-7-18-34(32)42)28-24-25-30-29-14-8-9-22-38(29)48-40(30)26-28/h1-26H. The van der Waals surface area contributed by atoms with Gasteiger partial charge in [-0.2, -0.15) is 0 Å². The van der Waals surface area contributed by atoms with Gasteiger partial charge in [-0.15, -0.1) is 0 Å². The smallest absolute Gasteiger partial charge is 0.159 e. The molecule has 0 unspecified atom stereocenters. The summed E-state index contributed by atoms with van der Waals surface area (Å²) in [5.74, 6) is 2.52. The van der Waals surface area contributed by atoms with Crippen molar-refractivity contribution in [3.05, 3.63) is 158 Å². The lowest BCUT2D eigenvalue weighted by molar-refractivity contribution is 0.478. The van der Waals surface area contributed by atoms with Gasteiger partial charge in [0.25, 0.3) is 0 Å². The summed E-state index contributed by atoms with van der Waals surface area (Å²) < 4.78 is 15.5. The van der Waals surface area contributed by atoms with Crippen LogP contribution < -0.4 is 4.74 Å². The third-order valence-electron chi connectivity index (χ3n) is 9.99. The lowest BCUT2D eigenvalue weighted by Crippen LogP contribution is -2.07. The molecular weight excluding hydrogens is 601 g/mol. The number of aromatic nitrogens is 2. The molecular formula is C45H26N2O2. The van der Waals surface area contributed by atoms with E-state index < -0.39 is 0 Å². The van der Waals surface area contributed by atoms with E-state index in [9.17, 15) is 0 Å². The maximum absolute atomic E-state index is 6.90. The van der Waals surface area contributed by atoms with Gasteiger partial charge in [-0.1, -0.05) is 121 Å². The van der Waals surface area contributed by atoms with Crippen LogP contribution in [-0.4, -0.2) is 9.55 Å². The Labute approximate surface area is 281 Å². The van der Waals surface area contributed by atoms with Crippen LogP contribution in [0.25, 0.3) is 93.8 Å². The first kappa shape index (κ1) is 26.4. The SMILES string of the molecule is c1ccc(-c2nc3cccc4c3n2-c2cccc(-c3c5ccccc5c(-c5ccc6c(c5)oc5ccccc56)c5ccccc35)c2O4)cc1. The van der Waals surface area contributed by atoms with Crippen LogP contribution in [0.2, 0.25) is 0 Å². The molecule has 0 N–H and O–H groups in total. The molecule has 0 saturated heterocycles. The lowest BCUT2D eigenvalue weighted by atomic mass is 9.85. The quantitative estimate of drug-likeness (QED) is 0.183. The van der Waals surface area contributed by atoms with Crippen molar-refractivity contribution in [3.63, 3.8) is 0 Å². The van der Waals surface area contributed by atoms with E-state index in [1.807, 2.05) is 30.3 Å². The minimum absolute atomic E-state index is 0.802. The average Bonchev–Trinajstić information content (AvgIpc) is 3.74. The van der Waals surface area contributed by atoms with Gasteiger partial charge in [-0.25, -0.2) is 4.98 Å².